The van der Waals surface area contributed by atoms with Crippen molar-refractivity contribution in [2.45, 2.75) is 45.3 Å². The van der Waals surface area contributed by atoms with Crippen molar-refractivity contribution in [3.8, 4) is 0 Å². The van der Waals surface area contributed by atoms with Crippen molar-refractivity contribution in [2.75, 3.05) is 13.2 Å². The van der Waals surface area contributed by atoms with E-state index in [1.54, 1.807) is 12.4 Å². The van der Waals surface area contributed by atoms with E-state index in [1.165, 1.54) is 5.56 Å². The van der Waals surface area contributed by atoms with Crippen molar-refractivity contribution in [1.82, 2.24) is 10.3 Å². The lowest BCUT2D eigenvalue weighted by Gasteiger charge is -2.37. The molecule has 0 radical (unpaired) electrons. The number of aryl methyl sites for hydroxylation is 1. The molecule has 1 aromatic carbocycles. The van der Waals surface area contributed by atoms with Gasteiger partial charge in [-0.1, -0.05) is 35.0 Å². The first-order valence-corrected chi connectivity index (χ1v) is 10.2. The van der Waals surface area contributed by atoms with E-state index in [1.807, 2.05) is 12.1 Å². The Bertz CT molecular complexity index is 859. The molecular formula is C23H27N3O3. The van der Waals surface area contributed by atoms with Gasteiger partial charge < -0.3 is 14.9 Å². The van der Waals surface area contributed by atoms with Gasteiger partial charge in [0, 0.05) is 45.0 Å². The number of rotatable bonds is 6. The number of ether oxygens (including phenoxy) is 1. The smallest absolute Gasteiger partial charge is 0.226 e. The van der Waals surface area contributed by atoms with E-state index in [0.717, 1.165) is 23.3 Å². The summed E-state index contributed by atoms with van der Waals surface area (Å²) >= 11 is 0. The van der Waals surface area contributed by atoms with Crippen molar-refractivity contribution in [2.24, 2.45) is 10.6 Å². The molecule has 6 nitrogen and oxygen atoms in total. The molecule has 1 N–H and O–H groups in total. The molecule has 152 valence electrons. The van der Waals surface area contributed by atoms with Gasteiger partial charge in [-0.25, -0.2) is 0 Å². The van der Waals surface area contributed by atoms with E-state index >= 15 is 0 Å². The predicted molar refractivity (Wildman–Crippen MR) is 110 cm³/mol. The van der Waals surface area contributed by atoms with Gasteiger partial charge in [0.05, 0.1) is 11.1 Å². The maximum Gasteiger partial charge on any atom is 0.226 e. The zero-order valence-corrected chi connectivity index (χ0v) is 16.8. The summed E-state index contributed by atoms with van der Waals surface area (Å²) in [7, 11) is 0. The molecule has 1 unspecified atom stereocenters. The van der Waals surface area contributed by atoms with Gasteiger partial charge in [0.25, 0.3) is 0 Å². The fourth-order valence-electron chi connectivity index (χ4n) is 4.05. The van der Waals surface area contributed by atoms with Gasteiger partial charge in [0.1, 0.15) is 6.10 Å². The highest BCUT2D eigenvalue weighted by Gasteiger charge is 2.43. The second-order valence-corrected chi connectivity index (χ2v) is 7.97. The van der Waals surface area contributed by atoms with E-state index in [4.69, 9.17) is 9.57 Å². The van der Waals surface area contributed by atoms with Gasteiger partial charge in [-0.15, -0.1) is 0 Å². The Hall–Kier alpha value is -2.73. The molecule has 29 heavy (non-hydrogen) atoms. The Kier molecular flexibility index (Phi) is 5.90. The quantitative estimate of drug-likeness (QED) is 0.817. The highest BCUT2D eigenvalue weighted by Crippen LogP contribution is 2.38. The highest BCUT2D eigenvalue weighted by atomic mass is 16.6. The molecule has 1 aromatic heterocycles. The van der Waals surface area contributed by atoms with Crippen LogP contribution in [0.3, 0.4) is 0 Å². The van der Waals surface area contributed by atoms with Crippen LogP contribution in [0.15, 0.2) is 53.9 Å². The number of carbonyl (C=O) groups excluding carboxylic acids is 1. The fraction of sp³-hybridized carbons (Fsp3) is 0.435. The number of hydrogen-bond acceptors (Lipinski definition) is 5. The van der Waals surface area contributed by atoms with Gasteiger partial charge in [-0.2, -0.15) is 0 Å². The first kappa shape index (κ1) is 19.6. The summed E-state index contributed by atoms with van der Waals surface area (Å²) in [6.45, 7) is 3.77. The summed E-state index contributed by atoms with van der Waals surface area (Å²) in [6, 6.07) is 12.1. The molecule has 0 saturated carbocycles. The Labute approximate surface area is 171 Å². The topological polar surface area (TPSA) is 72.8 Å². The van der Waals surface area contributed by atoms with Crippen molar-refractivity contribution < 1.29 is 14.4 Å². The van der Waals surface area contributed by atoms with E-state index in [0.29, 0.717) is 39.0 Å². The number of hydrogen-bond donors (Lipinski definition) is 1. The summed E-state index contributed by atoms with van der Waals surface area (Å²) in [5.74, 6) is 0.0741. The third-order valence-corrected chi connectivity index (χ3v) is 5.87. The number of nitrogens with one attached hydrogen (secondary N) is 1. The minimum absolute atomic E-state index is 0.0741. The van der Waals surface area contributed by atoms with E-state index in [2.05, 4.69) is 46.6 Å². The second-order valence-electron chi connectivity index (χ2n) is 7.97. The number of pyridine rings is 1. The summed E-state index contributed by atoms with van der Waals surface area (Å²) in [5, 5.41) is 7.43. The number of oxime groups is 1. The van der Waals surface area contributed by atoms with Gasteiger partial charge in [0.2, 0.25) is 5.91 Å². The van der Waals surface area contributed by atoms with Crippen LogP contribution >= 0.6 is 0 Å². The molecule has 2 aliphatic heterocycles. The average molecular weight is 393 g/mol. The number of carbonyl (C=O) groups is 1. The molecule has 0 bridgehead atoms. The number of nitrogens with zero attached hydrogens (tertiary/aromatic N) is 2. The van der Waals surface area contributed by atoms with Crippen LogP contribution in [0, 0.1) is 12.3 Å². The maximum absolute atomic E-state index is 13.2. The molecule has 1 atom stereocenters. The standard InChI is InChI=1S/C23H27N3O3/c1-17-2-4-19(5-3-17)21-14-20(29-26-21)15-23(8-12-28-13-9-23)22(27)25-16-18-6-10-24-11-7-18/h2-7,10-11,20H,8-9,12-16H2,1H3,(H,25,27). The van der Waals surface area contributed by atoms with Crippen molar-refractivity contribution in [3.05, 3.63) is 65.5 Å². The summed E-state index contributed by atoms with van der Waals surface area (Å²) in [6.07, 6.45) is 6.17. The van der Waals surface area contributed by atoms with E-state index in [9.17, 15) is 4.79 Å². The predicted octanol–water partition coefficient (Wildman–Crippen LogP) is 3.39. The molecule has 4 rings (SSSR count). The lowest BCUT2D eigenvalue weighted by Crippen LogP contribution is -2.46. The minimum Gasteiger partial charge on any atom is -0.392 e. The van der Waals surface area contributed by atoms with Crippen molar-refractivity contribution in [1.29, 1.82) is 0 Å². The zero-order chi connectivity index (χ0) is 20.1. The maximum atomic E-state index is 13.2. The van der Waals surface area contributed by atoms with Crippen LogP contribution in [-0.2, 0) is 20.9 Å². The van der Waals surface area contributed by atoms with Crippen LogP contribution in [-0.4, -0.2) is 35.9 Å². The Morgan fingerprint density at radius 3 is 2.59 bits per heavy atom. The molecule has 2 aliphatic rings. The average Bonchev–Trinajstić information content (AvgIpc) is 3.22. The van der Waals surface area contributed by atoms with Crippen LogP contribution in [0.5, 0.6) is 0 Å². The zero-order valence-electron chi connectivity index (χ0n) is 16.8. The normalized spacial score (nSPS) is 20.6. The van der Waals surface area contributed by atoms with Crippen LogP contribution in [0.1, 0.15) is 42.4 Å². The van der Waals surface area contributed by atoms with Crippen LogP contribution < -0.4 is 5.32 Å². The number of benzene rings is 1. The Morgan fingerprint density at radius 1 is 1.14 bits per heavy atom. The molecule has 0 spiro atoms. The lowest BCUT2D eigenvalue weighted by atomic mass is 9.74. The number of amides is 1. The molecule has 0 aliphatic carbocycles. The number of aromatic nitrogens is 1. The first-order valence-electron chi connectivity index (χ1n) is 10.2. The van der Waals surface area contributed by atoms with Gasteiger partial charge in [-0.3, -0.25) is 9.78 Å². The first-order chi connectivity index (χ1) is 14.1. The van der Waals surface area contributed by atoms with Crippen LogP contribution in [0.25, 0.3) is 0 Å². The largest absolute Gasteiger partial charge is 0.392 e. The molecule has 1 amide bonds. The third-order valence-electron chi connectivity index (χ3n) is 5.87. The Morgan fingerprint density at radius 2 is 1.86 bits per heavy atom. The molecule has 6 heteroatoms. The molecule has 3 heterocycles. The Balaban J connectivity index is 1.40. The fourth-order valence-corrected chi connectivity index (χ4v) is 4.05. The molecule has 2 aromatic rings. The monoisotopic (exact) mass is 393 g/mol. The summed E-state index contributed by atoms with van der Waals surface area (Å²) in [5.41, 5.74) is 3.82. The van der Waals surface area contributed by atoms with Gasteiger partial charge >= 0.3 is 0 Å². The second kappa shape index (κ2) is 8.74. The van der Waals surface area contributed by atoms with Gasteiger partial charge in [-0.05, 0) is 43.0 Å². The van der Waals surface area contributed by atoms with Crippen LogP contribution in [0.2, 0.25) is 0 Å². The van der Waals surface area contributed by atoms with Gasteiger partial charge in [0.15, 0.2) is 0 Å². The van der Waals surface area contributed by atoms with E-state index < -0.39 is 5.41 Å². The van der Waals surface area contributed by atoms with Crippen molar-refractivity contribution >= 4 is 11.6 Å². The highest BCUT2D eigenvalue weighted by molar-refractivity contribution is 6.01. The molecule has 1 fully saturated rings. The third kappa shape index (κ3) is 4.65. The summed E-state index contributed by atoms with van der Waals surface area (Å²) in [4.78, 5) is 23.0. The van der Waals surface area contributed by atoms with E-state index in [-0.39, 0.29) is 12.0 Å². The lowest BCUT2D eigenvalue weighted by molar-refractivity contribution is -0.140. The van der Waals surface area contributed by atoms with Crippen molar-refractivity contribution in [3.63, 3.8) is 0 Å². The molecule has 1 saturated heterocycles. The van der Waals surface area contributed by atoms with Crippen LogP contribution in [0.4, 0.5) is 0 Å². The minimum atomic E-state index is -0.478. The molecular weight excluding hydrogens is 366 g/mol. The summed E-state index contributed by atoms with van der Waals surface area (Å²) < 4.78 is 5.55. The SMILES string of the molecule is Cc1ccc(C2=NOC(CC3(C(=O)NCc4ccncc4)CCOCC3)C2)cc1.